The minimum atomic E-state index is 0.426. The SMILES string of the molecule is CCCNCCCCCCN(C)C(C)c1cccc(Cl)c1. The normalized spacial score (nSPS) is 12.8. The van der Waals surface area contributed by atoms with Crippen LogP contribution in [0.25, 0.3) is 0 Å². The lowest BCUT2D eigenvalue weighted by atomic mass is 10.1. The Bertz CT molecular complexity index is 381. The summed E-state index contributed by atoms with van der Waals surface area (Å²) >= 11 is 6.07. The summed E-state index contributed by atoms with van der Waals surface area (Å²) in [7, 11) is 2.20. The lowest BCUT2D eigenvalue weighted by Crippen LogP contribution is -2.23. The van der Waals surface area contributed by atoms with Gasteiger partial charge in [0.05, 0.1) is 0 Å². The average molecular weight is 311 g/mol. The second-order valence-electron chi connectivity index (χ2n) is 5.88. The topological polar surface area (TPSA) is 15.3 Å². The first-order valence-electron chi connectivity index (χ1n) is 8.31. The monoisotopic (exact) mass is 310 g/mol. The van der Waals surface area contributed by atoms with Crippen LogP contribution in [-0.2, 0) is 0 Å². The first-order chi connectivity index (χ1) is 10.1. The van der Waals surface area contributed by atoms with Gasteiger partial charge in [-0.05, 0) is 70.6 Å². The van der Waals surface area contributed by atoms with Crippen molar-refractivity contribution in [1.82, 2.24) is 10.2 Å². The van der Waals surface area contributed by atoms with Crippen molar-refractivity contribution in [3.8, 4) is 0 Å². The van der Waals surface area contributed by atoms with Crippen molar-refractivity contribution in [1.29, 1.82) is 0 Å². The second-order valence-corrected chi connectivity index (χ2v) is 6.31. The molecular weight excluding hydrogens is 280 g/mol. The van der Waals surface area contributed by atoms with Crippen molar-refractivity contribution in [3.63, 3.8) is 0 Å². The van der Waals surface area contributed by atoms with Crippen LogP contribution in [0.1, 0.15) is 57.6 Å². The van der Waals surface area contributed by atoms with E-state index >= 15 is 0 Å². The zero-order chi connectivity index (χ0) is 15.5. The van der Waals surface area contributed by atoms with Gasteiger partial charge < -0.3 is 5.32 Å². The molecule has 0 radical (unpaired) electrons. The molecule has 1 rings (SSSR count). The first-order valence-corrected chi connectivity index (χ1v) is 8.69. The number of nitrogens with one attached hydrogen (secondary N) is 1. The Labute approximate surface area is 135 Å². The van der Waals surface area contributed by atoms with Crippen LogP contribution in [-0.4, -0.2) is 31.6 Å². The second kappa shape index (κ2) is 11.1. The highest BCUT2D eigenvalue weighted by atomic mass is 35.5. The molecule has 1 aromatic carbocycles. The highest BCUT2D eigenvalue weighted by Gasteiger charge is 2.11. The number of nitrogens with zero attached hydrogens (tertiary/aromatic N) is 1. The first kappa shape index (κ1) is 18.5. The van der Waals surface area contributed by atoms with Crippen LogP contribution in [0.15, 0.2) is 24.3 Å². The van der Waals surface area contributed by atoms with Gasteiger partial charge in [-0.15, -0.1) is 0 Å². The van der Waals surface area contributed by atoms with Crippen molar-refractivity contribution in [2.24, 2.45) is 0 Å². The Kier molecular flexibility index (Phi) is 9.73. The molecule has 2 nitrogen and oxygen atoms in total. The maximum Gasteiger partial charge on any atom is 0.0409 e. The molecule has 0 heterocycles. The molecule has 0 aliphatic rings. The summed E-state index contributed by atoms with van der Waals surface area (Å²) in [4.78, 5) is 2.42. The van der Waals surface area contributed by atoms with E-state index in [1.54, 1.807) is 0 Å². The van der Waals surface area contributed by atoms with Crippen molar-refractivity contribution < 1.29 is 0 Å². The Morgan fingerprint density at radius 3 is 2.62 bits per heavy atom. The lowest BCUT2D eigenvalue weighted by molar-refractivity contribution is 0.255. The Balaban J connectivity index is 2.14. The van der Waals surface area contributed by atoms with Crippen LogP contribution in [0, 0.1) is 0 Å². The molecule has 120 valence electrons. The van der Waals surface area contributed by atoms with Crippen LogP contribution in [0.5, 0.6) is 0 Å². The van der Waals surface area contributed by atoms with E-state index < -0.39 is 0 Å². The van der Waals surface area contributed by atoms with Gasteiger partial charge in [0.2, 0.25) is 0 Å². The van der Waals surface area contributed by atoms with Crippen LogP contribution >= 0.6 is 11.6 Å². The predicted molar refractivity (Wildman–Crippen MR) is 94.1 cm³/mol. The molecule has 0 fully saturated rings. The molecule has 0 aliphatic heterocycles. The van der Waals surface area contributed by atoms with Crippen molar-refractivity contribution >= 4 is 11.6 Å². The maximum atomic E-state index is 6.07. The molecule has 3 heteroatoms. The van der Waals surface area contributed by atoms with E-state index in [1.807, 2.05) is 12.1 Å². The van der Waals surface area contributed by atoms with Crippen LogP contribution in [0.3, 0.4) is 0 Å². The third-order valence-electron chi connectivity index (χ3n) is 4.03. The van der Waals surface area contributed by atoms with E-state index in [1.165, 1.54) is 44.2 Å². The number of halogens is 1. The molecule has 0 spiro atoms. The van der Waals surface area contributed by atoms with Gasteiger partial charge >= 0.3 is 0 Å². The fourth-order valence-electron chi connectivity index (χ4n) is 2.48. The van der Waals surface area contributed by atoms with Gasteiger partial charge in [-0.3, -0.25) is 4.90 Å². The summed E-state index contributed by atoms with van der Waals surface area (Å²) in [5.74, 6) is 0. The van der Waals surface area contributed by atoms with Gasteiger partial charge in [-0.2, -0.15) is 0 Å². The van der Waals surface area contributed by atoms with Crippen LogP contribution in [0.4, 0.5) is 0 Å². The molecule has 0 bridgehead atoms. The molecule has 1 unspecified atom stereocenters. The minimum Gasteiger partial charge on any atom is -0.317 e. The van der Waals surface area contributed by atoms with E-state index in [0.29, 0.717) is 6.04 Å². The zero-order valence-corrected chi connectivity index (χ0v) is 14.6. The maximum absolute atomic E-state index is 6.07. The zero-order valence-electron chi connectivity index (χ0n) is 13.9. The van der Waals surface area contributed by atoms with Gasteiger partial charge in [0, 0.05) is 11.1 Å². The quantitative estimate of drug-likeness (QED) is 0.585. The van der Waals surface area contributed by atoms with Gasteiger partial charge in [0.1, 0.15) is 0 Å². The predicted octanol–water partition coefficient (Wildman–Crippen LogP) is 4.89. The summed E-state index contributed by atoms with van der Waals surface area (Å²) in [6.45, 7) is 7.93. The Morgan fingerprint density at radius 1 is 1.14 bits per heavy atom. The lowest BCUT2D eigenvalue weighted by Gasteiger charge is -2.25. The van der Waals surface area contributed by atoms with Gasteiger partial charge in [0.25, 0.3) is 0 Å². The number of hydrogen-bond donors (Lipinski definition) is 1. The molecule has 1 atom stereocenters. The number of unbranched alkanes of at least 4 members (excludes halogenated alkanes) is 3. The molecule has 0 aliphatic carbocycles. The van der Waals surface area contributed by atoms with E-state index in [-0.39, 0.29) is 0 Å². The van der Waals surface area contributed by atoms with Crippen molar-refractivity contribution in [3.05, 3.63) is 34.9 Å². The Morgan fingerprint density at radius 2 is 1.90 bits per heavy atom. The Hall–Kier alpha value is -0.570. The standard InChI is InChI=1S/C18H31ClN2/c1-4-12-20-13-7-5-6-8-14-21(3)16(2)17-10-9-11-18(19)15-17/h9-11,15-16,20H,4-8,12-14H2,1-3H3. The average Bonchev–Trinajstić information content (AvgIpc) is 2.49. The molecule has 1 aromatic rings. The molecule has 21 heavy (non-hydrogen) atoms. The molecule has 0 saturated carbocycles. The highest BCUT2D eigenvalue weighted by molar-refractivity contribution is 6.30. The molecule has 0 amide bonds. The highest BCUT2D eigenvalue weighted by Crippen LogP contribution is 2.22. The fourth-order valence-corrected chi connectivity index (χ4v) is 2.68. The summed E-state index contributed by atoms with van der Waals surface area (Å²) in [6, 6.07) is 8.62. The number of rotatable bonds is 11. The van der Waals surface area contributed by atoms with Crippen LogP contribution in [0.2, 0.25) is 5.02 Å². The summed E-state index contributed by atoms with van der Waals surface area (Å²) in [5.41, 5.74) is 1.30. The van der Waals surface area contributed by atoms with Gasteiger partial charge in [-0.25, -0.2) is 0 Å². The molecule has 0 saturated heterocycles. The van der Waals surface area contributed by atoms with Gasteiger partial charge in [-0.1, -0.05) is 43.5 Å². The molecule has 1 N–H and O–H groups in total. The number of benzene rings is 1. The van der Waals surface area contributed by atoms with E-state index in [4.69, 9.17) is 11.6 Å². The third-order valence-corrected chi connectivity index (χ3v) is 4.27. The minimum absolute atomic E-state index is 0.426. The van der Waals surface area contributed by atoms with Gasteiger partial charge in [0.15, 0.2) is 0 Å². The van der Waals surface area contributed by atoms with Crippen molar-refractivity contribution in [2.75, 3.05) is 26.7 Å². The van der Waals surface area contributed by atoms with E-state index in [0.717, 1.165) is 18.1 Å². The fraction of sp³-hybridized carbons (Fsp3) is 0.667. The summed E-state index contributed by atoms with van der Waals surface area (Å²) < 4.78 is 0. The third kappa shape index (κ3) is 7.85. The largest absolute Gasteiger partial charge is 0.317 e. The van der Waals surface area contributed by atoms with Crippen molar-refractivity contribution in [2.45, 2.75) is 52.0 Å². The van der Waals surface area contributed by atoms with E-state index in [2.05, 4.69) is 43.2 Å². The van der Waals surface area contributed by atoms with E-state index in [9.17, 15) is 0 Å². The smallest absolute Gasteiger partial charge is 0.0409 e. The summed E-state index contributed by atoms with van der Waals surface area (Å²) in [5, 5.41) is 4.28. The summed E-state index contributed by atoms with van der Waals surface area (Å²) in [6.07, 6.45) is 6.45. The van der Waals surface area contributed by atoms with Crippen LogP contribution < -0.4 is 5.32 Å². The molecular formula is C18H31ClN2. The number of hydrogen-bond acceptors (Lipinski definition) is 2. The molecule has 0 aromatic heterocycles.